The molecule has 1 aliphatic rings. The Hall–Kier alpha value is -0.540. The summed E-state index contributed by atoms with van der Waals surface area (Å²) < 4.78 is 6.52. The number of nitrogens with two attached hydrogens (primary N) is 1. The van der Waals surface area contributed by atoms with Crippen LogP contribution in [-0.2, 0) is 5.54 Å². The van der Waals surface area contributed by atoms with E-state index in [4.69, 9.17) is 10.5 Å². The summed E-state index contributed by atoms with van der Waals surface area (Å²) in [5.74, 6) is 1.37. The minimum Gasteiger partial charge on any atom is -0.495 e. The standard InChI is InChI=1S/C15H22BrNO/c1-10(2)12-8-11(9-13(16)14(12)18-3)15(17)6-4-5-7-15/h8-10H,4-7,17H2,1-3H3. The van der Waals surface area contributed by atoms with Crippen molar-refractivity contribution in [1.82, 2.24) is 0 Å². The third kappa shape index (κ3) is 2.43. The molecule has 2 rings (SSSR count). The van der Waals surface area contributed by atoms with Crippen LogP contribution in [0.1, 0.15) is 56.6 Å². The predicted molar refractivity (Wildman–Crippen MR) is 79.1 cm³/mol. The summed E-state index contributed by atoms with van der Waals surface area (Å²) in [5, 5.41) is 0. The second-order valence-electron chi connectivity index (χ2n) is 5.60. The van der Waals surface area contributed by atoms with Crippen LogP contribution in [0, 0.1) is 0 Å². The first-order valence-corrected chi connectivity index (χ1v) is 7.44. The van der Waals surface area contributed by atoms with Gasteiger partial charge in [-0.15, -0.1) is 0 Å². The van der Waals surface area contributed by atoms with Crippen LogP contribution in [0.2, 0.25) is 0 Å². The Morgan fingerprint density at radius 3 is 2.39 bits per heavy atom. The largest absolute Gasteiger partial charge is 0.495 e. The Balaban J connectivity index is 2.50. The van der Waals surface area contributed by atoms with Crippen molar-refractivity contribution in [3.05, 3.63) is 27.7 Å². The van der Waals surface area contributed by atoms with E-state index in [1.54, 1.807) is 7.11 Å². The molecule has 0 saturated heterocycles. The van der Waals surface area contributed by atoms with Gasteiger partial charge in [0.1, 0.15) is 5.75 Å². The van der Waals surface area contributed by atoms with Gasteiger partial charge in [0.2, 0.25) is 0 Å². The fourth-order valence-corrected chi connectivity index (χ4v) is 3.48. The molecule has 0 atom stereocenters. The Labute approximate surface area is 118 Å². The van der Waals surface area contributed by atoms with Gasteiger partial charge < -0.3 is 10.5 Å². The molecular weight excluding hydrogens is 290 g/mol. The summed E-state index contributed by atoms with van der Waals surface area (Å²) in [6, 6.07) is 4.37. The zero-order chi connectivity index (χ0) is 13.3. The molecule has 0 heterocycles. The van der Waals surface area contributed by atoms with Gasteiger partial charge in [-0.25, -0.2) is 0 Å². The van der Waals surface area contributed by atoms with E-state index >= 15 is 0 Å². The Kier molecular flexibility index (Phi) is 4.02. The molecule has 2 N–H and O–H groups in total. The van der Waals surface area contributed by atoms with Crippen LogP contribution in [0.4, 0.5) is 0 Å². The number of hydrogen-bond acceptors (Lipinski definition) is 2. The lowest BCUT2D eigenvalue weighted by Crippen LogP contribution is -2.33. The highest BCUT2D eigenvalue weighted by Crippen LogP contribution is 2.42. The number of ether oxygens (including phenoxy) is 1. The highest BCUT2D eigenvalue weighted by Gasteiger charge is 2.32. The molecule has 1 aromatic carbocycles. The van der Waals surface area contributed by atoms with E-state index < -0.39 is 0 Å². The van der Waals surface area contributed by atoms with Crippen molar-refractivity contribution in [3.8, 4) is 5.75 Å². The third-order valence-electron chi connectivity index (χ3n) is 3.97. The van der Waals surface area contributed by atoms with Crippen molar-refractivity contribution in [2.75, 3.05) is 7.11 Å². The first-order chi connectivity index (χ1) is 8.48. The first kappa shape index (κ1) is 13.9. The second-order valence-corrected chi connectivity index (χ2v) is 6.45. The molecule has 1 saturated carbocycles. The van der Waals surface area contributed by atoms with Gasteiger partial charge in [0, 0.05) is 5.54 Å². The van der Waals surface area contributed by atoms with Crippen LogP contribution in [0.25, 0.3) is 0 Å². The first-order valence-electron chi connectivity index (χ1n) is 6.65. The second kappa shape index (κ2) is 5.22. The number of methoxy groups -OCH3 is 1. The smallest absolute Gasteiger partial charge is 0.136 e. The molecule has 100 valence electrons. The fraction of sp³-hybridized carbons (Fsp3) is 0.600. The number of hydrogen-bond donors (Lipinski definition) is 1. The summed E-state index contributed by atoms with van der Waals surface area (Å²) in [5.41, 5.74) is 8.89. The van der Waals surface area contributed by atoms with Crippen molar-refractivity contribution in [2.45, 2.75) is 51.0 Å². The van der Waals surface area contributed by atoms with Crippen molar-refractivity contribution in [3.63, 3.8) is 0 Å². The van der Waals surface area contributed by atoms with Crippen LogP contribution in [0.15, 0.2) is 16.6 Å². The molecule has 0 radical (unpaired) electrons. The van der Waals surface area contributed by atoms with E-state index in [1.807, 2.05) is 0 Å². The average Bonchev–Trinajstić information content (AvgIpc) is 2.76. The maximum absolute atomic E-state index is 6.55. The number of rotatable bonds is 3. The van der Waals surface area contributed by atoms with Crippen LogP contribution in [0.5, 0.6) is 5.75 Å². The minimum atomic E-state index is -0.140. The molecule has 3 heteroatoms. The predicted octanol–water partition coefficient (Wildman–Crippen LogP) is 4.31. The topological polar surface area (TPSA) is 35.2 Å². The van der Waals surface area contributed by atoms with E-state index in [1.165, 1.54) is 24.0 Å². The zero-order valence-corrected chi connectivity index (χ0v) is 13.0. The SMILES string of the molecule is COc1c(Br)cc(C2(N)CCCC2)cc1C(C)C. The highest BCUT2D eigenvalue weighted by molar-refractivity contribution is 9.10. The molecule has 2 nitrogen and oxygen atoms in total. The van der Waals surface area contributed by atoms with Gasteiger partial charge in [-0.1, -0.05) is 26.7 Å². The third-order valence-corrected chi connectivity index (χ3v) is 4.56. The van der Waals surface area contributed by atoms with Crippen LogP contribution in [-0.4, -0.2) is 7.11 Å². The van der Waals surface area contributed by atoms with Gasteiger partial charge in [0.05, 0.1) is 11.6 Å². The highest BCUT2D eigenvalue weighted by atomic mass is 79.9. The quantitative estimate of drug-likeness (QED) is 0.902. The lowest BCUT2D eigenvalue weighted by molar-refractivity contribution is 0.402. The van der Waals surface area contributed by atoms with Gasteiger partial charge >= 0.3 is 0 Å². The van der Waals surface area contributed by atoms with Crippen molar-refractivity contribution < 1.29 is 4.74 Å². The molecule has 0 spiro atoms. The molecule has 1 aromatic rings. The van der Waals surface area contributed by atoms with Crippen LogP contribution < -0.4 is 10.5 Å². The maximum Gasteiger partial charge on any atom is 0.136 e. The molecule has 1 fully saturated rings. The number of benzene rings is 1. The molecule has 0 amide bonds. The van der Waals surface area contributed by atoms with E-state index in [0.717, 1.165) is 23.1 Å². The van der Waals surface area contributed by atoms with Crippen LogP contribution in [0.3, 0.4) is 0 Å². The Morgan fingerprint density at radius 1 is 1.28 bits per heavy atom. The van der Waals surface area contributed by atoms with Crippen molar-refractivity contribution in [1.29, 1.82) is 0 Å². The summed E-state index contributed by atoms with van der Waals surface area (Å²) in [4.78, 5) is 0. The van der Waals surface area contributed by atoms with Gasteiger partial charge in [-0.3, -0.25) is 0 Å². The van der Waals surface area contributed by atoms with E-state index in [9.17, 15) is 0 Å². The molecule has 0 aliphatic heterocycles. The van der Waals surface area contributed by atoms with E-state index in [2.05, 4.69) is 41.9 Å². The zero-order valence-electron chi connectivity index (χ0n) is 11.4. The Morgan fingerprint density at radius 2 is 1.89 bits per heavy atom. The Bertz CT molecular complexity index is 436. The molecule has 1 aliphatic carbocycles. The lowest BCUT2D eigenvalue weighted by atomic mass is 9.86. The molecular formula is C15H22BrNO. The summed E-state index contributed by atoms with van der Waals surface area (Å²) in [6.07, 6.45) is 4.64. The van der Waals surface area contributed by atoms with Gasteiger partial charge in [-0.05, 0) is 57.9 Å². The maximum atomic E-state index is 6.55. The monoisotopic (exact) mass is 311 g/mol. The van der Waals surface area contributed by atoms with Crippen LogP contribution >= 0.6 is 15.9 Å². The van der Waals surface area contributed by atoms with E-state index in [0.29, 0.717) is 5.92 Å². The van der Waals surface area contributed by atoms with Gasteiger partial charge in [0.15, 0.2) is 0 Å². The number of halogens is 1. The van der Waals surface area contributed by atoms with Gasteiger partial charge in [-0.2, -0.15) is 0 Å². The van der Waals surface area contributed by atoms with Crippen molar-refractivity contribution in [2.24, 2.45) is 5.73 Å². The normalized spacial score (nSPS) is 18.3. The molecule has 0 bridgehead atoms. The minimum absolute atomic E-state index is 0.140. The average molecular weight is 312 g/mol. The summed E-state index contributed by atoms with van der Waals surface area (Å²) in [7, 11) is 1.72. The summed E-state index contributed by atoms with van der Waals surface area (Å²) in [6.45, 7) is 4.37. The molecule has 18 heavy (non-hydrogen) atoms. The molecule has 0 aromatic heterocycles. The molecule has 0 unspecified atom stereocenters. The lowest BCUT2D eigenvalue weighted by Gasteiger charge is -2.27. The summed E-state index contributed by atoms with van der Waals surface area (Å²) >= 11 is 3.62. The van der Waals surface area contributed by atoms with Crippen molar-refractivity contribution >= 4 is 15.9 Å². The fourth-order valence-electron chi connectivity index (χ4n) is 2.84. The van der Waals surface area contributed by atoms with E-state index in [-0.39, 0.29) is 5.54 Å². The van der Waals surface area contributed by atoms with Gasteiger partial charge in [0.25, 0.3) is 0 Å².